The van der Waals surface area contributed by atoms with Gasteiger partial charge >= 0.3 is 22.8 Å². The van der Waals surface area contributed by atoms with Crippen LogP contribution in [0, 0.1) is 5.41 Å². The van der Waals surface area contributed by atoms with Gasteiger partial charge in [-0.2, -0.15) is 57.1 Å². The topological polar surface area (TPSA) is 894 Å². The van der Waals surface area contributed by atoms with Crippen molar-refractivity contribution in [3.63, 3.8) is 0 Å². The Labute approximate surface area is 785 Å². The number of aliphatic hydroxyl groups is 8. The first-order valence-corrected chi connectivity index (χ1v) is 45.7. The lowest BCUT2D eigenvalue weighted by atomic mass is 10.1. The Morgan fingerprint density at radius 2 is 0.850 bits per heavy atom. The molecule has 16 atom stereocenters. The van der Waals surface area contributed by atoms with Gasteiger partial charge in [0.25, 0.3) is 0 Å². The van der Waals surface area contributed by atoms with Crippen molar-refractivity contribution in [1.29, 1.82) is 5.41 Å². The number of ether oxygens (including phenoxy) is 4. The van der Waals surface area contributed by atoms with Crippen molar-refractivity contribution in [2.45, 2.75) is 103 Å². The van der Waals surface area contributed by atoms with E-state index in [0.717, 1.165) is 10.8 Å². The van der Waals surface area contributed by atoms with Gasteiger partial charge in [0.1, 0.15) is 114 Å². The summed E-state index contributed by atoms with van der Waals surface area (Å²) in [7, 11) is 0. The number of anilines is 8. The van der Waals surface area contributed by atoms with Gasteiger partial charge in [-0.3, -0.25) is 43.6 Å². The number of aromatic amines is 4. The first-order chi connectivity index (χ1) is 63.4. The highest BCUT2D eigenvalue weighted by Crippen LogP contribution is 2.38. The van der Waals surface area contributed by atoms with Crippen LogP contribution in [0.25, 0.3) is 44.7 Å². The summed E-state index contributed by atoms with van der Waals surface area (Å²) in [6, 6.07) is 5.13. The van der Waals surface area contributed by atoms with Crippen LogP contribution < -0.4 is 90.7 Å². The number of thioether (sulfide) groups is 5. The number of H-pyrrole nitrogens is 4. The molecule has 0 unspecified atom stereocenters. The monoisotopic (exact) mass is 2030 g/mol. The molecule has 0 aliphatic carbocycles. The second kappa shape index (κ2) is 49.7. The molecule has 0 saturated carbocycles. The molecule has 0 spiro atoms. The average Bonchev–Trinajstić information content (AvgIpc) is 1.64. The SMILES string of the molecule is CSc1ccnc(=O)[nH]1.Cl.N=C(N)n1cccn1.NC(N)=NCCSC[C@H]1O[C@@H](n2cnc3c(N)ncnc32)[C@H](O)[C@@H]1O.NCCSC[C@H]1O[C@@H](n2cnc3c(N)ncnc32)[C@H](O)[C@@H]1O.Nc1[nH]c(=O)ncc1Br.Nc1[nH]c(=O)ncc1NCCSC[C@H]1O[C@@H](n2cnc3c(N)ncnc32)[C@H](O)[C@@H]1O.Nc1ncnc2c1ncn2[C@@H]1O[C@H](CSCCNc2ccnc(=O)[nH]2)[C@@H](O)[C@H]1O. The number of aliphatic hydroxyl groups excluding tert-OH is 8. The van der Waals surface area contributed by atoms with Gasteiger partial charge in [0.2, 0.25) is 5.96 Å². The molecule has 63 heteroatoms. The third-order valence-corrected chi connectivity index (χ3v) is 24.5. The summed E-state index contributed by atoms with van der Waals surface area (Å²) in [5.41, 5.74) is 57.4. The summed E-state index contributed by atoms with van der Waals surface area (Å²) in [4.78, 5) is 119. The summed E-state index contributed by atoms with van der Waals surface area (Å²) in [6.45, 7) is 2.19. The molecule has 17 heterocycles. The molecule has 0 radical (unpaired) electrons. The first kappa shape index (κ1) is 103. The van der Waals surface area contributed by atoms with Crippen molar-refractivity contribution in [3.05, 3.63) is 152 Å². The number of rotatable bonds is 26. The van der Waals surface area contributed by atoms with Crippen LogP contribution in [0.15, 0.2) is 140 Å². The second-order valence-electron chi connectivity index (χ2n) is 27.8. The molecule has 0 aromatic carbocycles. The normalized spacial score (nSPS) is 22.1. The van der Waals surface area contributed by atoms with Crippen molar-refractivity contribution in [2.24, 2.45) is 27.9 Å². The molecule has 716 valence electrons. The zero-order chi connectivity index (χ0) is 94.8. The number of hydrogen-bond donors (Lipinski definition) is 25. The number of nitrogen functional groups attached to an aromatic ring is 7. The Kier molecular flexibility index (Phi) is 38.6. The van der Waals surface area contributed by atoms with Gasteiger partial charge in [0.15, 0.2) is 76.7 Å². The predicted octanol–water partition coefficient (Wildman–Crippen LogP) is -5.10. The zero-order valence-electron chi connectivity index (χ0n) is 69.8. The van der Waals surface area contributed by atoms with E-state index in [1.54, 1.807) is 72.4 Å². The van der Waals surface area contributed by atoms with E-state index >= 15 is 0 Å². The Morgan fingerprint density at radius 3 is 1.19 bits per heavy atom. The molecular formula is C70H96BrClN40O16S5. The van der Waals surface area contributed by atoms with Gasteiger partial charge < -0.3 is 133 Å². The summed E-state index contributed by atoms with van der Waals surface area (Å²) < 4.78 is 31.5. The maximum atomic E-state index is 11.1. The lowest BCUT2D eigenvalue weighted by molar-refractivity contribution is -0.0289. The van der Waals surface area contributed by atoms with Gasteiger partial charge in [-0.15, -0.1) is 24.2 Å². The molecule has 17 rings (SSSR count). The minimum absolute atomic E-state index is 0. The van der Waals surface area contributed by atoms with Crippen LogP contribution in [0.4, 0.5) is 46.4 Å². The van der Waals surface area contributed by atoms with Crippen molar-refractivity contribution in [2.75, 3.05) is 123 Å². The van der Waals surface area contributed by atoms with Crippen molar-refractivity contribution >= 4 is 190 Å². The average molecular weight is 2030 g/mol. The molecule has 13 aromatic heterocycles. The summed E-state index contributed by atoms with van der Waals surface area (Å²) in [5, 5.41) is 100. The number of aromatic nitrogens is 26. The highest BCUT2D eigenvalue weighted by molar-refractivity contribution is 9.10. The van der Waals surface area contributed by atoms with Crippen molar-refractivity contribution in [1.82, 2.24) is 128 Å². The fraction of sp³-hybridized carbons (Fsp3) is 0.414. The quantitative estimate of drug-likeness (QED) is 0.00793. The third kappa shape index (κ3) is 27.2. The summed E-state index contributed by atoms with van der Waals surface area (Å²) in [6.07, 6.45) is 7.86. The molecule has 4 saturated heterocycles. The van der Waals surface area contributed by atoms with Crippen LogP contribution in [-0.2, 0) is 18.9 Å². The largest absolute Gasteiger partial charge is 0.387 e. The maximum absolute atomic E-state index is 11.1. The zero-order valence-corrected chi connectivity index (χ0v) is 76.3. The number of hydrogen-bond acceptors (Lipinski definition) is 49. The molecular weight excluding hydrogens is 1930 g/mol. The molecule has 4 fully saturated rings. The van der Waals surface area contributed by atoms with Gasteiger partial charge in [0, 0.05) is 90.4 Å². The van der Waals surface area contributed by atoms with Crippen LogP contribution in [0.3, 0.4) is 0 Å². The number of aliphatic imine (C=N–C) groups is 1. The molecule has 4 aliphatic rings. The van der Waals surface area contributed by atoms with Crippen molar-refractivity contribution in [3.8, 4) is 0 Å². The Morgan fingerprint density at radius 1 is 0.474 bits per heavy atom. The number of guanidine groups is 1. The Bertz CT molecular complexity index is 6190. The summed E-state index contributed by atoms with van der Waals surface area (Å²) in [5.74, 6) is 6.83. The van der Waals surface area contributed by atoms with E-state index in [0.29, 0.717) is 133 Å². The molecule has 0 amide bonds. The third-order valence-electron chi connectivity index (χ3n) is 19.0. The second-order valence-corrected chi connectivity index (χ2v) is 34.1. The van der Waals surface area contributed by atoms with Gasteiger partial charge in [-0.05, 0) is 40.4 Å². The molecule has 133 heavy (non-hydrogen) atoms. The maximum Gasteiger partial charge on any atom is 0.346 e. The molecule has 0 bridgehead atoms. The van der Waals surface area contributed by atoms with Gasteiger partial charge in [-0.1, -0.05) is 0 Å². The van der Waals surface area contributed by atoms with E-state index in [4.69, 9.17) is 81.7 Å². The van der Waals surface area contributed by atoms with Crippen LogP contribution in [-0.4, -0.2) is 332 Å². The molecule has 35 N–H and O–H groups in total. The number of imidazole rings is 4. The minimum atomic E-state index is -1.14. The van der Waals surface area contributed by atoms with E-state index in [1.807, 2.05) is 6.26 Å². The fourth-order valence-corrected chi connectivity index (χ4v) is 16.7. The van der Waals surface area contributed by atoms with Crippen molar-refractivity contribution < 1.29 is 59.8 Å². The smallest absolute Gasteiger partial charge is 0.346 e. The number of nitrogens with one attached hydrogen (secondary N) is 7. The first-order valence-electron chi connectivity index (χ1n) is 39.1. The number of nitrogens with two attached hydrogens (primary N) is 10. The molecule has 56 nitrogen and oxygen atoms in total. The Balaban J connectivity index is 0.000000168. The van der Waals surface area contributed by atoms with Crippen LogP contribution in [0.1, 0.15) is 24.9 Å². The minimum Gasteiger partial charge on any atom is -0.387 e. The van der Waals surface area contributed by atoms with E-state index in [-0.39, 0.29) is 59.1 Å². The van der Waals surface area contributed by atoms with E-state index in [9.17, 15) is 60.0 Å². The van der Waals surface area contributed by atoms with Crippen LogP contribution in [0.5, 0.6) is 0 Å². The molecule has 4 aliphatic heterocycles. The van der Waals surface area contributed by atoms with Crippen LogP contribution in [0.2, 0.25) is 0 Å². The summed E-state index contributed by atoms with van der Waals surface area (Å²) >= 11 is 10.7. The number of halogens is 2. The van der Waals surface area contributed by atoms with E-state index in [1.165, 1.54) is 115 Å². The van der Waals surface area contributed by atoms with E-state index in [2.05, 4.69) is 136 Å². The molecule has 13 aromatic rings. The highest BCUT2D eigenvalue weighted by Gasteiger charge is 2.48. The predicted molar refractivity (Wildman–Crippen MR) is 503 cm³/mol. The van der Waals surface area contributed by atoms with Gasteiger partial charge in [0.05, 0.1) is 83.8 Å². The Hall–Kier alpha value is -11.9. The lowest BCUT2D eigenvalue weighted by Gasteiger charge is -2.16. The van der Waals surface area contributed by atoms with E-state index < -0.39 is 115 Å². The standard InChI is InChI=1S/C16H21N9O4S.C16H20N8O4S.C13H20N8O3S.C12H18N6O3S.C5H6N2OS.C4H4BrN3O.C4H6N4.ClH/c17-12-7(3-20-16(28)24-12)19-1-2-30-4-8-10(26)11(27)15(29-8)25-6-23-9-13(18)21-5-22-14(9)25;17-13-10-14(21-6-20-13)24(7-22-10)15-12(26)11(25)8(28-15)5-29-4-3-18-9-1-2-19-16(27)23-9;14-10-7-11(19-4-18-10)21(5-20-7)12-9(23)8(22)6(24-12)3-25-2-1-17-13(15)16;13-1-2-22-3-6-8(19)9(20)12(21-6)18-5-17-7-10(14)15-4-16-11(7)18;1-9-4-2-3-6-5(8)7-4;5-2-1-7-4(9)8-3(2)6;5-4(6)8-3-1-2-7-8;/h3,5-6,8,10-11,15,19,26-27H,1-2,4H2,(H2,18,21,22)(H3,17,20,24,28);1-2,6-8,11-12,15,25-26H,3-5H2,(H2,17,20,21)(H2,18,19,23,27);4-6,8-9,12,22-23H,1-3H2,(H2,14,18,19)(H4,15,16,17);4-6,8-9,12,19-20H,1-3,13H2,(H2,14,15,16);2-3H,1H3,(H,6,7,8);1H,(H3,6,7,8,9);1-3H,(H3,5,6);1H/t8-,10-,11-,15-;8-,11-,12-,15-;2*6-,8-,9-,12-;;;;/m1111..../s1. The fourth-order valence-electron chi connectivity index (χ4n) is 12.5. The highest BCUT2D eigenvalue weighted by atomic mass is 79.9. The van der Waals surface area contributed by atoms with Gasteiger partial charge in [-0.25, -0.2) is 98.6 Å². The van der Waals surface area contributed by atoms with Crippen LogP contribution >= 0.6 is 87.1 Å². The lowest BCUT2D eigenvalue weighted by Crippen LogP contribution is -2.32. The number of fused-ring (bicyclic) bond motifs is 4. The number of nitrogens with zero attached hydrogens (tertiary/aromatic N) is 23.